The van der Waals surface area contributed by atoms with Gasteiger partial charge in [-0.25, -0.2) is 8.42 Å². The third kappa shape index (κ3) is 4.89. The highest BCUT2D eigenvalue weighted by Gasteiger charge is 2.20. The van der Waals surface area contributed by atoms with Crippen molar-refractivity contribution in [3.8, 4) is 11.3 Å². The van der Waals surface area contributed by atoms with Crippen LogP contribution in [0.3, 0.4) is 0 Å². The van der Waals surface area contributed by atoms with Gasteiger partial charge < -0.3 is 5.32 Å². The number of nitro groups is 2. The highest BCUT2D eigenvalue weighted by Crippen LogP contribution is 2.24. The number of rotatable bonds is 7. The molecule has 1 N–H and O–H groups in total. The highest BCUT2D eigenvalue weighted by atomic mass is 32.2. The lowest BCUT2D eigenvalue weighted by Gasteiger charge is -2.07. The lowest BCUT2D eigenvalue weighted by molar-refractivity contribution is -0.394. The largest absolute Gasteiger partial charge is 0.322 e. The second-order valence-electron chi connectivity index (χ2n) is 6.44. The van der Waals surface area contributed by atoms with E-state index in [9.17, 15) is 33.4 Å². The number of carbonyl (C=O) groups is 1. The van der Waals surface area contributed by atoms with Gasteiger partial charge in [0.2, 0.25) is 0 Å². The second-order valence-corrected chi connectivity index (χ2v) is 8.67. The first-order valence-corrected chi connectivity index (χ1v) is 10.7. The quantitative estimate of drug-likeness (QED) is 0.413. The van der Waals surface area contributed by atoms with Crippen molar-refractivity contribution < 1.29 is 23.1 Å². The molecule has 0 bridgehead atoms. The molecule has 164 valence electrons. The zero-order valence-corrected chi connectivity index (χ0v) is 17.3. The van der Waals surface area contributed by atoms with Crippen molar-refractivity contribution in [1.29, 1.82) is 0 Å². The van der Waals surface area contributed by atoms with Crippen molar-refractivity contribution in [2.45, 2.75) is 11.9 Å². The smallest absolute Gasteiger partial charge is 0.277 e. The number of nitrogens with zero attached hydrogens (tertiary/aromatic N) is 4. The van der Waals surface area contributed by atoms with Crippen molar-refractivity contribution in [1.82, 2.24) is 10.2 Å². The van der Waals surface area contributed by atoms with E-state index in [-0.39, 0.29) is 16.3 Å². The Kier molecular flexibility index (Phi) is 6.20. The van der Waals surface area contributed by atoms with Gasteiger partial charge in [0.05, 0.1) is 32.9 Å². The van der Waals surface area contributed by atoms with Gasteiger partial charge in [0.25, 0.3) is 17.3 Å². The van der Waals surface area contributed by atoms with Crippen LogP contribution in [-0.4, -0.2) is 40.1 Å². The van der Waals surface area contributed by atoms with Crippen LogP contribution in [0.1, 0.15) is 17.3 Å². The summed E-state index contributed by atoms with van der Waals surface area (Å²) in [6.45, 7) is 1.50. The Labute approximate surface area is 181 Å². The number of anilines is 1. The van der Waals surface area contributed by atoms with Gasteiger partial charge in [-0.15, -0.1) is 10.2 Å². The third-order valence-corrected chi connectivity index (χ3v) is 5.98. The Morgan fingerprint density at radius 2 is 1.53 bits per heavy atom. The SMILES string of the molecule is CCS(=O)(=O)c1ccc(-c2ccc(NC(=O)c3cc([N+](=O)[O-])cc([N+](=O)[O-])c3)cc2)nn1. The van der Waals surface area contributed by atoms with Crippen molar-refractivity contribution in [2.24, 2.45) is 0 Å². The molecule has 1 amide bonds. The summed E-state index contributed by atoms with van der Waals surface area (Å²) in [5, 5.41) is 32.0. The minimum Gasteiger partial charge on any atom is -0.322 e. The van der Waals surface area contributed by atoms with E-state index in [0.717, 1.165) is 18.2 Å². The molecular weight excluding hydrogens is 442 g/mol. The molecule has 0 aliphatic heterocycles. The van der Waals surface area contributed by atoms with Gasteiger partial charge in [-0.3, -0.25) is 25.0 Å². The first-order chi connectivity index (χ1) is 15.1. The average Bonchev–Trinajstić information content (AvgIpc) is 2.79. The maximum atomic E-state index is 12.4. The Morgan fingerprint density at radius 1 is 0.938 bits per heavy atom. The molecule has 3 rings (SSSR count). The Balaban J connectivity index is 1.80. The van der Waals surface area contributed by atoms with Gasteiger partial charge in [0.15, 0.2) is 14.9 Å². The van der Waals surface area contributed by atoms with Crippen LogP contribution < -0.4 is 5.32 Å². The molecule has 0 atom stereocenters. The number of hydrogen-bond donors (Lipinski definition) is 1. The van der Waals surface area contributed by atoms with Crippen LogP contribution in [0.15, 0.2) is 59.6 Å². The van der Waals surface area contributed by atoms with Gasteiger partial charge >= 0.3 is 0 Å². The molecule has 0 saturated carbocycles. The van der Waals surface area contributed by atoms with E-state index in [1.165, 1.54) is 31.2 Å². The fraction of sp³-hybridized carbons (Fsp3) is 0.105. The summed E-state index contributed by atoms with van der Waals surface area (Å²) >= 11 is 0. The van der Waals surface area contributed by atoms with Gasteiger partial charge in [-0.05, 0) is 24.3 Å². The van der Waals surface area contributed by atoms with Crippen molar-refractivity contribution in [2.75, 3.05) is 11.1 Å². The summed E-state index contributed by atoms with van der Waals surface area (Å²) in [5.41, 5.74) is -0.0626. The topological polar surface area (TPSA) is 175 Å². The number of nitrogens with one attached hydrogen (secondary N) is 1. The number of benzene rings is 2. The first kappa shape index (κ1) is 22.4. The van der Waals surface area contributed by atoms with Crippen LogP contribution in [0.5, 0.6) is 0 Å². The number of carbonyl (C=O) groups excluding carboxylic acids is 1. The first-order valence-electron chi connectivity index (χ1n) is 9.03. The third-order valence-electron chi connectivity index (χ3n) is 4.36. The zero-order valence-electron chi connectivity index (χ0n) is 16.5. The second kappa shape index (κ2) is 8.85. The van der Waals surface area contributed by atoms with Crippen molar-refractivity contribution in [3.05, 3.63) is 80.4 Å². The molecule has 3 aromatic rings. The summed E-state index contributed by atoms with van der Waals surface area (Å²) in [7, 11) is -3.47. The number of amides is 1. The monoisotopic (exact) mass is 457 g/mol. The van der Waals surface area contributed by atoms with Crippen LogP contribution in [0, 0.1) is 20.2 Å². The van der Waals surface area contributed by atoms with Crippen LogP contribution in [0.25, 0.3) is 11.3 Å². The molecule has 0 aliphatic carbocycles. The predicted octanol–water partition coefficient (Wildman–Crippen LogP) is 3.01. The summed E-state index contributed by atoms with van der Waals surface area (Å²) < 4.78 is 23.6. The van der Waals surface area contributed by atoms with Crippen LogP contribution in [-0.2, 0) is 9.84 Å². The van der Waals surface area contributed by atoms with Crippen LogP contribution >= 0.6 is 0 Å². The molecule has 1 aromatic heterocycles. The number of aromatic nitrogens is 2. The summed E-state index contributed by atoms with van der Waals surface area (Å²) in [5.74, 6) is -0.859. The minimum absolute atomic E-state index is 0.0941. The van der Waals surface area contributed by atoms with Crippen molar-refractivity contribution >= 4 is 32.8 Å². The minimum atomic E-state index is -3.47. The van der Waals surface area contributed by atoms with Crippen LogP contribution in [0.4, 0.5) is 17.1 Å². The summed E-state index contributed by atoms with van der Waals surface area (Å²) in [6, 6.07) is 11.8. The lowest BCUT2D eigenvalue weighted by Crippen LogP contribution is -2.12. The van der Waals surface area contributed by atoms with Gasteiger partial charge in [0, 0.05) is 23.4 Å². The molecule has 0 saturated heterocycles. The molecule has 0 spiro atoms. The van der Waals surface area contributed by atoms with Gasteiger partial charge in [-0.2, -0.15) is 0 Å². The van der Waals surface area contributed by atoms with Crippen molar-refractivity contribution in [3.63, 3.8) is 0 Å². The fourth-order valence-corrected chi connectivity index (χ4v) is 3.39. The molecule has 13 heteroatoms. The maximum Gasteiger partial charge on any atom is 0.277 e. The molecule has 0 radical (unpaired) electrons. The zero-order chi connectivity index (χ0) is 23.5. The maximum absolute atomic E-state index is 12.4. The predicted molar refractivity (Wildman–Crippen MR) is 113 cm³/mol. The van der Waals surface area contributed by atoms with Gasteiger partial charge in [0.1, 0.15) is 0 Å². The molecule has 32 heavy (non-hydrogen) atoms. The number of hydrogen-bond acceptors (Lipinski definition) is 9. The molecule has 0 aliphatic rings. The fourth-order valence-electron chi connectivity index (χ4n) is 2.65. The molecule has 0 unspecified atom stereocenters. The number of non-ortho nitro benzene ring substituents is 2. The van der Waals surface area contributed by atoms with E-state index < -0.39 is 37.0 Å². The molecular formula is C19H15N5O7S. The number of sulfone groups is 1. The highest BCUT2D eigenvalue weighted by molar-refractivity contribution is 7.91. The molecule has 2 aromatic carbocycles. The van der Waals surface area contributed by atoms with Crippen LogP contribution in [0.2, 0.25) is 0 Å². The summed E-state index contributed by atoms with van der Waals surface area (Å²) in [6.07, 6.45) is 0. The van der Waals surface area contributed by atoms with E-state index in [1.807, 2.05) is 0 Å². The number of nitro benzene ring substituents is 2. The molecule has 0 fully saturated rings. The Bertz CT molecular complexity index is 1270. The standard InChI is InChI=1S/C19H15N5O7S/c1-2-32(30,31)18-8-7-17(21-22-18)12-3-5-14(6-4-12)20-19(25)13-9-15(23(26)27)11-16(10-13)24(28)29/h3-11H,2H2,1H3,(H,20,25). The van der Waals surface area contributed by atoms with E-state index in [0.29, 0.717) is 16.9 Å². The average molecular weight is 457 g/mol. The lowest BCUT2D eigenvalue weighted by atomic mass is 10.1. The Hall–Kier alpha value is -4.26. The Morgan fingerprint density at radius 3 is 2.00 bits per heavy atom. The van der Waals surface area contributed by atoms with E-state index >= 15 is 0 Å². The van der Waals surface area contributed by atoms with E-state index in [2.05, 4.69) is 15.5 Å². The van der Waals surface area contributed by atoms with E-state index in [4.69, 9.17) is 0 Å². The summed E-state index contributed by atoms with van der Waals surface area (Å²) in [4.78, 5) is 32.8. The molecule has 1 heterocycles. The van der Waals surface area contributed by atoms with E-state index in [1.54, 1.807) is 12.1 Å². The normalized spacial score (nSPS) is 11.0. The van der Waals surface area contributed by atoms with Gasteiger partial charge in [-0.1, -0.05) is 19.1 Å². The molecule has 12 nitrogen and oxygen atoms in total.